The van der Waals surface area contributed by atoms with Gasteiger partial charge in [0.05, 0.1) is 5.76 Å². The Balaban J connectivity index is 3.25. The lowest BCUT2D eigenvalue weighted by Gasteiger charge is -1.81. The van der Waals surface area contributed by atoms with Gasteiger partial charge in [-0.2, -0.15) is 0 Å². The molecule has 0 rings (SSSR count). The van der Waals surface area contributed by atoms with E-state index in [0.29, 0.717) is 5.76 Å². The van der Waals surface area contributed by atoms with E-state index in [1.807, 2.05) is 0 Å². The van der Waals surface area contributed by atoms with Crippen molar-refractivity contribution in [2.24, 2.45) is 0 Å². The summed E-state index contributed by atoms with van der Waals surface area (Å²) in [6.07, 6.45) is 4.19. The monoisotopic (exact) mass is 98.1 g/mol. The van der Waals surface area contributed by atoms with E-state index in [-0.39, 0.29) is 0 Å². The topological polar surface area (TPSA) is 20.2 Å². The molecule has 0 spiro atoms. The van der Waals surface area contributed by atoms with Gasteiger partial charge in [-0.15, -0.1) is 6.58 Å². The molecule has 1 N–H and O–H groups in total. The van der Waals surface area contributed by atoms with Crippen LogP contribution in [0.3, 0.4) is 0 Å². The van der Waals surface area contributed by atoms with E-state index in [4.69, 9.17) is 5.11 Å². The molecule has 0 bridgehead atoms. The van der Waals surface area contributed by atoms with Gasteiger partial charge < -0.3 is 5.11 Å². The maximum absolute atomic E-state index is 8.50. The summed E-state index contributed by atoms with van der Waals surface area (Å²) in [5.74, 6) is 0.361. The molecule has 0 heterocycles. The van der Waals surface area contributed by atoms with Crippen LogP contribution in [0.4, 0.5) is 0 Å². The van der Waals surface area contributed by atoms with Crippen LogP contribution in [0.5, 0.6) is 0 Å². The second-order valence-electron chi connectivity index (χ2n) is 1.37. The quantitative estimate of drug-likeness (QED) is 0.414. The molecule has 0 aromatic rings. The Hall–Kier alpha value is -0.720. The van der Waals surface area contributed by atoms with Crippen molar-refractivity contribution < 1.29 is 5.11 Å². The Morgan fingerprint density at radius 2 is 2.43 bits per heavy atom. The Kier molecular flexibility index (Phi) is 3.11. The van der Waals surface area contributed by atoms with Crippen LogP contribution in [0.25, 0.3) is 0 Å². The largest absolute Gasteiger partial charge is 0.513 e. The Bertz CT molecular complexity index is 78.2. The number of rotatable bonds is 2. The summed E-state index contributed by atoms with van der Waals surface area (Å²) in [5.41, 5.74) is 0. The van der Waals surface area contributed by atoms with E-state index in [1.54, 1.807) is 19.1 Å². The second kappa shape index (κ2) is 3.47. The van der Waals surface area contributed by atoms with Gasteiger partial charge >= 0.3 is 0 Å². The van der Waals surface area contributed by atoms with Gasteiger partial charge in [0, 0.05) is 0 Å². The molecule has 0 aliphatic carbocycles. The average molecular weight is 98.1 g/mol. The molecule has 0 saturated heterocycles. The highest BCUT2D eigenvalue weighted by atomic mass is 16.3. The fourth-order valence-electron chi connectivity index (χ4n) is 0.254. The van der Waals surface area contributed by atoms with Crippen LogP contribution in [-0.4, -0.2) is 5.11 Å². The summed E-state index contributed by atoms with van der Waals surface area (Å²) in [6, 6.07) is 0. The van der Waals surface area contributed by atoms with Crippen LogP contribution in [0, 0.1) is 0 Å². The van der Waals surface area contributed by atoms with E-state index in [0.717, 1.165) is 6.42 Å². The average Bonchev–Trinajstić information content (AvgIpc) is 1.61. The molecular weight excluding hydrogens is 88.1 g/mol. The molecule has 40 valence electrons. The lowest BCUT2D eigenvalue weighted by molar-refractivity contribution is 0.412. The molecule has 1 heteroatoms. The van der Waals surface area contributed by atoms with Crippen molar-refractivity contribution in [2.45, 2.75) is 13.3 Å². The van der Waals surface area contributed by atoms with Crippen molar-refractivity contribution in [3.8, 4) is 0 Å². The first kappa shape index (κ1) is 6.28. The molecule has 0 aliphatic heterocycles. The summed E-state index contributed by atoms with van der Waals surface area (Å²) >= 11 is 0. The smallest absolute Gasteiger partial charge is 0.0855 e. The Morgan fingerprint density at radius 1 is 1.86 bits per heavy atom. The molecule has 0 saturated carbocycles. The molecule has 0 aromatic heterocycles. The van der Waals surface area contributed by atoms with E-state index in [9.17, 15) is 0 Å². The van der Waals surface area contributed by atoms with E-state index in [1.165, 1.54) is 0 Å². The van der Waals surface area contributed by atoms with Gasteiger partial charge in [0.2, 0.25) is 0 Å². The van der Waals surface area contributed by atoms with Crippen LogP contribution >= 0.6 is 0 Å². The van der Waals surface area contributed by atoms with Gasteiger partial charge in [-0.1, -0.05) is 6.08 Å². The first-order valence-corrected chi connectivity index (χ1v) is 2.24. The van der Waals surface area contributed by atoms with Crippen molar-refractivity contribution in [3.05, 3.63) is 24.5 Å². The predicted molar refractivity (Wildman–Crippen MR) is 31.2 cm³/mol. The number of hydrogen-bond acceptors (Lipinski definition) is 1. The van der Waals surface area contributed by atoms with Gasteiger partial charge in [0.15, 0.2) is 0 Å². The van der Waals surface area contributed by atoms with Gasteiger partial charge in [-0.25, -0.2) is 0 Å². The summed E-state index contributed by atoms with van der Waals surface area (Å²) in [7, 11) is 0. The Morgan fingerprint density at radius 3 is 2.57 bits per heavy atom. The van der Waals surface area contributed by atoms with Crippen LogP contribution < -0.4 is 0 Å². The summed E-state index contributed by atoms with van der Waals surface area (Å²) < 4.78 is 0. The molecule has 7 heavy (non-hydrogen) atoms. The van der Waals surface area contributed by atoms with E-state index in [2.05, 4.69) is 6.58 Å². The first-order chi connectivity index (χ1) is 3.27. The van der Waals surface area contributed by atoms with Gasteiger partial charge in [0.1, 0.15) is 0 Å². The van der Waals surface area contributed by atoms with Gasteiger partial charge in [-0.3, -0.25) is 0 Å². The second-order valence-corrected chi connectivity index (χ2v) is 1.37. The van der Waals surface area contributed by atoms with Crippen molar-refractivity contribution >= 4 is 0 Å². The molecule has 0 radical (unpaired) electrons. The summed E-state index contributed by atoms with van der Waals surface area (Å²) in [4.78, 5) is 0. The highest BCUT2D eigenvalue weighted by Gasteiger charge is 1.72. The third-order valence-corrected chi connectivity index (χ3v) is 0.580. The lowest BCUT2D eigenvalue weighted by Crippen LogP contribution is -1.66. The zero-order chi connectivity index (χ0) is 5.70. The van der Waals surface area contributed by atoms with E-state index >= 15 is 0 Å². The van der Waals surface area contributed by atoms with Gasteiger partial charge in [0.25, 0.3) is 0 Å². The standard InChI is InChI=1S/C6H10O/c1-3-4-5-6(2)7/h3,5,7H,1,4H2,2H3/b6-5-. The molecule has 0 amide bonds. The fourth-order valence-corrected chi connectivity index (χ4v) is 0.254. The number of aliphatic hydroxyl groups excluding tert-OH is 1. The Labute approximate surface area is 44.0 Å². The summed E-state index contributed by atoms with van der Waals surface area (Å²) in [5, 5.41) is 8.50. The van der Waals surface area contributed by atoms with E-state index < -0.39 is 0 Å². The van der Waals surface area contributed by atoms with Crippen LogP contribution in [0.2, 0.25) is 0 Å². The van der Waals surface area contributed by atoms with Crippen molar-refractivity contribution in [2.75, 3.05) is 0 Å². The van der Waals surface area contributed by atoms with Crippen LogP contribution in [0.1, 0.15) is 13.3 Å². The maximum atomic E-state index is 8.50. The molecule has 0 aromatic carbocycles. The normalized spacial score (nSPS) is 11.3. The molecule has 0 fully saturated rings. The minimum atomic E-state index is 0.361. The van der Waals surface area contributed by atoms with Crippen LogP contribution in [-0.2, 0) is 0 Å². The number of allylic oxidation sites excluding steroid dienone is 3. The van der Waals surface area contributed by atoms with Crippen molar-refractivity contribution in [1.82, 2.24) is 0 Å². The highest BCUT2D eigenvalue weighted by molar-refractivity contribution is 4.90. The predicted octanol–water partition coefficient (Wildman–Crippen LogP) is 2.02. The highest BCUT2D eigenvalue weighted by Crippen LogP contribution is 1.87. The third-order valence-electron chi connectivity index (χ3n) is 0.580. The van der Waals surface area contributed by atoms with Gasteiger partial charge in [-0.05, 0) is 19.4 Å². The minimum Gasteiger partial charge on any atom is -0.513 e. The number of aliphatic hydroxyl groups is 1. The fraction of sp³-hybridized carbons (Fsp3) is 0.333. The molecule has 0 unspecified atom stereocenters. The van der Waals surface area contributed by atoms with Crippen LogP contribution in [0.15, 0.2) is 24.5 Å². The zero-order valence-electron chi connectivity index (χ0n) is 4.52. The molecule has 1 nitrogen and oxygen atoms in total. The number of hydrogen-bond donors (Lipinski definition) is 1. The molecule has 0 atom stereocenters. The lowest BCUT2D eigenvalue weighted by atomic mass is 10.4. The maximum Gasteiger partial charge on any atom is 0.0855 e. The zero-order valence-corrected chi connectivity index (χ0v) is 4.52. The summed E-state index contributed by atoms with van der Waals surface area (Å²) in [6.45, 7) is 5.12. The van der Waals surface area contributed by atoms with Crippen molar-refractivity contribution in [3.63, 3.8) is 0 Å². The third kappa shape index (κ3) is 5.28. The molecule has 0 aliphatic rings. The minimum absolute atomic E-state index is 0.361. The SMILES string of the molecule is C=CC/C=C(/C)O. The molecular formula is C6H10O. The van der Waals surface area contributed by atoms with Crippen molar-refractivity contribution in [1.29, 1.82) is 0 Å². The first-order valence-electron chi connectivity index (χ1n) is 2.24.